The summed E-state index contributed by atoms with van der Waals surface area (Å²) in [5.41, 5.74) is 1.14. The normalized spacial score (nSPS) is 20.8. The van der Waals surface area contributed by atoms with Gasteiger partial charge in [0.15, 0.2) is 0 Å². The molecule has 1 N–H and O–H groups in total. The summed E-state index contributed by atoms with van der Waals surface area (Å²) in [7, 11) is 1.93. The van der Waals surface area contributed by atoms with Crippen LogP contribution < -0.4 is 10.2 Å². The van der Waals surface area contributed by atoms with E-state index in [2.05, 4.69) is 15.3 Å². The lowest BCUT2D eigenvalue weighted by Crippen LogP contribution is -2.49. The fourth-order valence-electron chi connectivity index (χ4n) is 2.57. The maximum Gasteiger partial charge on any atom is 0.223 e. The highest BCUT2D eigenvalue weighted by Crippen LogP contribution is 2.19. The second kappa shape index (κ2) is 7.02. The van der Waals surface area contributed by atoms with Crippen molar-refractivity contribution in [2.75, 3.05) is 30.0 Å². The van der Waals surface area contributed by atoms with E-state index in [0.29, 0.717) is 0 Å². The van der Waals surface area contributed by atoms with Crippen molar-refractivity contribution in [1.29, 1.82) is 0 Å². The van der Waals surface area contributed by atoms with Crippen LogP contribution in [-0.2, 0) is 11.8 Å². The van der Waals surface area contributed by atoms with E-state index in [1.54, 1.807) is 11.8 Å². The predicted octanol–water partition coefficient (Wildman–Crippen LogP) is 1.50. The lowest BCUT2D eigenvalue weighted by atomic mass is 10.0. The first kappa shape index (κ1) is 15.2. The van der Waals surface area contributed by atoms with Crippen molar-refractivity contribution in [3.63, 3.8) is 0 Å². The molecule has 1 aromatic rings. The molecule has 6 heteroatoms. The molecule has 1 fully saturated rings. The number of amides is 1. The molecule has 1 saturated heterocycles. The van der Waals surface area contributed by atoms with Gasteiger partial charge in [-0.1, -0.05) is 6.92 Å². The fraction of sp³-hybridized carbons (Fsp3) is 0.714. The van der Waals surface area contributed by atoms with Crippen LogP contribution in [0.2, 0.25) is 0 Å². The average Bonchev–Trinajstić information content (AvgIpc) is 2.86. The molecule has 0 radical (unpaired) electrons. The van der Waals surface area contributed by atoms with Gasteiger partial charge >= 0.3 is 0 Å². The fourth-order valence-corrected chi connectivity index (χ4v) is 3.22. The molecule has 2 atom stereocenters. The van der Waals surface area contributed by atoms with Gasteiger partial charge in [-0.2, -0.15) is 16.9 Å². The second-order valence-corrected chi connectivity index (χ2v) is 6.43. The Morgan fingerprint density at radius 2 is 2.45 bits per heavy atom. The van der Waals surface area contributed by atoms with Gasteiger partial charge in [-0.05, 0) is 19.1 Å². The first-order valence-corrected chi connectivity index (χ1v) is 8.52. The molecule has 2 heterocycles. The first-order valence-electron chi connectivity index (χ1n) is 7.13. The van der Waals surface area contributed by atoms with E-state index in [9.17, 15) is 4.79 Å². The Morgan fingerprint density at radius 1 is 1.65 bits per heavy atom. The van der Waals surface area contributed by atoms with Crippen molar-refractivity contribution in [3.05, 3.63) is 12.4 Å². The Morgan fingerprint density at radius 3 is 3.10 bits per heavy atom. The van der Waals surface area contributed by atoms with E-state index >= 15 is 0 Å². The lowest BCUT2D eigenvalue weighted by molar-refractivity contribution is -0.124. The van der Waals surface area contributed by atoms with E-state index in [1.807, 2.05) is 37.3 Å². The van der Waals surface area contributed by atoms with E-state index in [0.717, 1.165) is 37.4 Å². The molecular formula is C14H24N4OS. The monoisotopic (exact) mass is 296 g/mol. The van der Waals surface area contributed by atoms with E-state index < -0.39 is 0 Å². The number of nitrogens with zero attached hydrogens (tertiary/aromatic N) is 3. The highest BCUT2D eigenvalue weighted by Gasteiger charge is 2.23. The Labute approximate surface area is 125 Å². The van der Waals surface area contributed by atoms with E-state index in [1.165, 1.54) is 0 Å². The van der Waals surface area contributed by atoms with E-state index in [-0.39, 0.29) is 17.9 Å². The molecule has 1 aliphatic heterocycles. The van der Waals surface area contributed by atoms with Crippen LogP contribution in [0.5, 0.6) is 0 Å². The van der Waals surface area contributed by atoms with Gasteiger partial charge < -0.3 is 10.2 Å². The molecule has 5 nitrogen and oxygen atoms in total. The van der Waals surface area contributed by atoms with Crippen molar-refractivity contribution in [2.24, 2.45) is 13.0 Å². The zero-order chi connectivity index (χ0) is 14.5. The smallest absolute Gasteiger partial charge is 0.223 e. The van der Waals surface area contributed by atoms with E-state index in [4.69, 9.17) is 0 Å². The van der Waals surface area contributed by atoms with Crippen molar-refractivity contribution in [3.8, 4) is 0 Å². The topological polar surface area (TPSA) is 50.2 Å². The summed E-state index contributed by atoms with van der Waals surface area (Å²) >= 11 is 1.72. The minimum atomic E-state index is 0.0822. The Kier molecular flexibility index (Phi) is 5.34. The van der Waals surface area contributed by atoms with Crippen molar-refractivity contribution >= 4 is 23.4 Å². The minimum Gasteiger partial charge on any atom is -0.367 e. The van der Waals surface area contributed by atoms with Gasteiger partial charge in [-0.3, -0.25) is 9.48 Å². The summed E-state index contributed by atoms with van der Waals surface area (Å²) in [5, 5.41) is 7.40. The Hall–Kier alpha value is -1.17. The molecule has 1 amide bonds. The highest BCUT2D eigenvalue weighted by molar-refractivity contribution is 7.98. The molecule has 2 unspecified atom stereocenters. The number of aryl methyl sites for hydroxylation is 1. The van der Waals surface area contributed by atoms with Crippen LogP contribution >= 0.6 is 11.8 Å². The first-order chi connectivity index (χ1) is 9.60. The van der Waals surface area contributed by atoms with Gasteiger partial charge in [0.1, 0.15) is 0 Å². The number of carbonyl (C=O) groups is 1. The number of rotatable bonds is 5. The van der Waals surface area contributed by atoms with Crippen LogP contribution in [0.25, 0.3) is 0 Å². The van der Waals surface area contributed by atoms with Crippen molar-refractivity contribution in [1.82, 2.24) is 15.1 Å². The molecule has 2 rings (SSSR count). The van der Waals surface area contributed by atoms with Crippen LogP contribution in [0.4, 0.5) is 5.69 Å². The summed E-state index contributed by atoms with van der Waals surface area (Å²) in [4.78, 5) is 14.4. The number of hydrogen-bond donors (Lipinski definition) is 1. The molecule has 0 aromatic carbocycles. The number of piperidine rings is 1. The van der Waals surface area contributed by atoms with Crippen LogP contribution in [0, 0.1) is 5.92 Å². The number of aromatic nitrogens is 2. The maximum atomic E-state index is 12.1. The lowest BCUT2D eigenvalue weighted by Gasteiger charge is -2.34. The second-order valence-electron chi connectivity index (χ2n) is 5.52. The van der Waals surface area contributed by atoms with Gasteiger partial charge in [0.2, 0.25) is 5.91 Å². The van der Waals surface area contributed by atoms with Gasteiger partial charge in [0, 0.05) is 44.0 Å². The number of thioether (sulfide) groups is 1. The van der Waals surface area contributed by atoms with Gasteiger partial charge in [-0.15, -0.1) is 0 Å². The van der Waals surface area contributed by atoms with Crippen LogP contribution in [0.1, 0.15) is 19.8 Å². The van der Waals surface area contributed by atoms with Crippen LogP contribution in [0.3, 0.4) is 0 Å². The minimum absolute atomic E-state index is 0.0822. The zero-order valence-corrected chi connectivity index (χ0v) is 13.3. The van der Waals surface area contributed by atoms with Gasteiger partial charge in [0.05, 0.1) is 11.9 Å². The summed E-state index contributed by atoms with van der Waals surface area (Å²) in [6, 6.07) is 0.251. The highest BCUT2D eigenvalue weighted by atomic mass is 32.2. The Bertz CT molecular complexity index is 448. The summed E-state index contributed by atoms with van der Waals surface area (Å²) in [6.45, 7) is 3.91. The number of hydrogen-bond acceptors (Lipinski definition) is 4. The number of nitrogens with one attached hydrogen (secondary N) is 1. The zero-order valence-electron chi connectivity index (χ0n) is 12.5. The third-order valence-electron chi connectivity index (χ3n) is 3.69. The molecule has 0 aliphatic carbocycles. The summed E-state index contributed by atoms with van der Waals surface area (Å²) in [5.74, 6) is 1.14. The molecule has 0 spiro atoms. The van der Waals surface area contributed by atoms with Crippen LogP contribution in [-0.4, -0.2) is 46.8 Å². The van der Waals surface area contributed by atoms with Gasteiger partial charge in [-0.25, -0.2) is 0 Å². The molecule has 0 saturated carbocycles. The third-order valence-corrected chi connectivity index (χ3v) is 4.52. The summed E-state index contributed by atoms with van der Waals surface area (Å²) < 4.78 is 1.82. The maximum absolute atomic E-state index is 12.1. The third kappa shape index (κ3) is 3.91. The standard InChI is InChI=1S/C14H24N4OS/c1-11(10-20-3)14(19)16-12-5-4-6-18(8-12)13-7-15-17(2)9-13/h7,9,11-12H,4-6,8,10H2,1-3H3,(H,16,19). The molecular weight excluding hydrogens is 272 g/mol. The molecule has 1 aliphatic rings. The Balaban J connectivity index is 1.89. The van der Waals surface area contributed by atoms with Gasteiger partial charge in [0.25, 0.3) is 0 Å². The molecule has 112 valence electrons. The average molecular weight is 296 g/mol. The quantitative estimate of drug-likeness (QED) is 0.895. The van der Waals surface area contributed by atoms with Crippen molar-refractivity contribution in [2.45, 2.75) is 25.8 Å². The summed E-state index contributed by atoms with van der Waals surface area (Å²) in [6.07, 6.45) is 8.13. The molecule has 1 aromatic heterocycles. The SMILES string of the molecule is CSCC(C)C(=O)NC1CCCN(c2cnn(C)c2)C1. The van der Waals surface area contributed by atoms with Crippen molar-refractivity contribution < 1.29 is 4.79 Å². The predicted molar refractivity (Wildman–Crippen MR) is 84.1 cm³/mol. The largest absolute Gasteiger partial charge is 0.367 e. The van der Waals surface area contributed by atoms with Crippen LogP contribution in [0.15, 0.2) is 12.4 Å². The number of anilines is 1. The molecule has 0 bridgehead atoms. The number of carbonyl (C=O) groups excluding carboxylic acids is 1. The molecule has 20 heavy (non-hydrogen) atoms.